The van der Waals surface area contributed by atoms with E-state index in [0.717, 1.165) is 19.3 Å². The number of esters is 1. The fraction of sp³-hybridized carbons (Fsp3) is 0.909. The number of carbonyl (C=O) groups excluding carboxylic acids is 1. The Morgan fingerprint density at radius 3 is 2.40 bits per heavy atom. The summed E-state index contributed by atoms with van der Waals surface area (Å²) in [6.45, 7) is 4.65. The van der Waals surface area contributed by atoms with E-state index in [0.29, 0.717) is 33.0 Å². The maximum atomic E-state index is 11.3. The Kier molecular flexibility index (Phi) is 6.36. The molecule has 0 unspecified atom stereocenters. The molecule has 4 heteroatoms. The van der Waals surface area contributed by atoms with Crippen LogP contribution in [-0.4, -0.2) is 39.0 Å². The minimum Gasteiger partial charge on any atom is -0.463 e. The van der Waals surface area contributed by atoms with Gasteiger partial charge in [-0.15, -0.1) is 0 Å². The molecule has 0 aliphatic heterocycles. The van der Waals surface area contributed by atoms with Crippen LogP contribution in [0.1, 0.15) is 26.2 Å². The molecule has 0 aromatic heterocycles. The van der Waals surface area contributed by atoms with Gasteiger partial charge in [-0.1, -0.05) is 6.42 Å². The predicted octanol–water partition coefficient (Wildman–Crippen LogP) is 1.38. The third kappa shape index (κ3) is 5.14. The third-order valence-electron chi connectivity index (χ3n) is 2.49. The van der Waals surface area contributed by atoms with Crippen molar-refractivity contribution in [3.8, 4) is 0 Å². The van der Waals surface area contributed by atoms with Crippen LogP contribution in [-0.2, 0) is 19.0 Å². The highest BCUT2D eigenvalue weighted by molar-refractivity contribution is 5.73. The maximum absolute atomic E-state index is 11.3. The molecule has 0 spiro atoms. The van der Waals surface area contributed by atoms with Crippen molar-refractivity contribution in [2.24, 2.45) is 5.92 Å². The van der Waals surface area contributed by atoms with Crippen LogP contribution in [0.5, 0.6) is 0 Å². The van der Waals surface area contributed by atoms with Gasteiger partial charge in [0.15, 0.2) is 0 Å². The third-order valence-corrected chi connectivity index (χ3v) is 2.49. The van der Waals surface area contributed by atoms with Gasteiger partial charge in [-0.25, -0.2) is 0 Å². The first kappa shape index (κ1) is 12.5. The molecule has 15 heavy (non-hydrogen) atoms. The molecular formula is C11H20O4. The van der Waals surface area contributed by atoms with Crippen molar-refractivity contribution in [3.63, 3.8) is 0 Å². The number of rotatable bonds is 8. The van der Waals surface area contributed by atoms with Gasteiger partial charge in [0, 0.05) is 6.61 Å². The van der Waals surface area contributed by atoms with Crippen molar-refractivity contribution in [1.82, 2.24) is 0 Å². The van der Waals surface area contributed by atoms with E-state index in [1.165, 1.54) is 0 Å². The second-order valence-electron chi connectivity index (χ2n) is 3.60. The summed E-state index contributed by atoms with van der Waals surface area (Å²) < 4.78 is 15.4. The van der Waals surface area contributed by atoms with Gasteiger partial charge >= 0.3 is 5.97 Å². The molecule has 88 valence electrons. The van der Waals surface area contributed by atoms with Crippen molar-refractivity contribution >= 4 is 5.97 Å². The average molecular weight is 216 g/mol. The van der Waals surface area contributed by atoms with Crippen LogP contribution in [0.25, 0.3) is 0 Å². The van der Waals surface area contributed by atoms with Crippen LogP contribution in [0, 0.1) is 5.92 Å². The molecule has 1 saturated carbocycles. The van der Waals surface area contributed by atoms with E-state index in [2.05, 4.69) is 0 Å². The van der Waals surface area contributed by atoms with Crippen LogP contribution < -0.4 is 0 Å². The Bertz CT molecular complexity index is 177. The second kappa shape index (κ2) is 7.65. The molecule has 1 aliphatic carbocycles. The first-order valence-corrected chi connectivity index (χ1v) is 5.66. The summed E-state index contributed by atoms with van der Waals surface area (Å²) in [7, 11) is 0. The quantitative estimate of drug-likeness (QED) is 0.454. The highest BCUT2D eigenvalue weighted by Crippen LogP contribution is 2.27. The summed E-state index contributed by atoms with van der Waals surface area (Å²) in [6, 6.07) is 0. The van der Waals surface area contributed by atoms with Crippen molar-refractivity contribution in [2.45, 2.75) is 26.2 Å². The average Bonchev–Trinajstić information content (AvgIpc) is 2.14. The molecule has 1 fully saturated rings. The SMILES string of the molecule is CCOCCOCCOC(=O)C1CCC1. The number of hydrogen-bond acceptors (Lipinski definition) is 4. The topological polar surface area (TPSA) is 44.8 Å². The van der Waals surface area contributed by atoms with Crippen molar-refractivity contribution < 1.29 is 19.0 Å². The molecule has 0 aromatic carbocycles. The Labute approximate surface area is 90.9 Å². The van der Waals surface area contributed by atoms with E-state index in [1.54, 1.807) is 0 Å². The molecule has 0 heterocycles. The molecule has 4 nitrogen and oxygen atoms in total. The monoisotopic (exact) mass is 216 g/mol. The molecule has 1 aliphatic rings. The van der Waals surface area contributed by atoms with Gasteiger partial charge < -0.3 is 14.2 Å². The molecule has 0 radical (unpaired) electrons. The Hall–Kier alpha value is -0.610. The lowest BCUT2D eigenvalue weighted by molar-refractivity contribution is -0.153. The number of hydrogen-bond donors (Lipinski definition) is 0. The maximum Gasteiger partial charge on any atom is 0.309 e. The Balaban J connectivity index is 1.81. The fourth-order valence-electron chi connectivity index (χ4n) is 1.33. The van der Waals surface area contributed by atoms with Gasteiger partial charge in [-0.2, -0.15) is 0 Å². The van der Waals surface area contributed by atoms with Crippen molar-refractivity contribution in [1.29, 1.82) is 0 Å². The smallest absolute Gasteiger partial charge is 0.309 e. The lowest BCUT2D eigenvalue weighted by Gasteiger charge is -2.22. The summed E-state index contributed by atoms with van der Waals surface area (Å²) in [5.41, 5.74) is 0. The van der Waals surface area contributed by atoms with Crippen molar-refractivity contribution in [3.05, 3.63) is 0 Å². The Morgan fingerprint density at radius 2 is 1.80 bits per heavy atom. The number of carbonyl (C=O) groups is 1. The molecule has 0 aromatic rings. The van der Waals surface area contributed by atoms with Gasteiger partial charge in [-0.3, -0.25) is 4.79 Å². The van der Waals surface area contributed by atoms with Gasteiger partial charge in [0.25, 0.3) is 0 Å². The highest BCUT2D eigenvalue weighted by Gasteiger charge is 2.26. The summed E-state index contributed by atoms with van der Waals surface area (Å²) in [4.78, 5) is 11.3. The summed E-state index contributed by atoms with van der Waals surface area (Å²) >= 11 is 0. The van der Waals surface area contributed by atoms with E-state index in [9.17, 15) is 4.79 Å². The van der Waals surface area contributed by atoms with Crippen molar-refractivity contribution in [2.75, 3.05) is 33.0 Å². The zero-order chi connectivity index (χ0) is 10.9. The van der Waals surface area contributed by atoms with Crippen LogP contribution in [0.15, 0.2) is 0 Å². The van der Waals surface area contributed by atoms with Crippen LogP contribution in [0.2, 0.25) is 0 Å². The molecule has 0 N–H and O–H groups in total. The van der Waals surface area contributed by atoms with E-state index in [1.807, 2.05) is 6.92 Å². The number of ether oxygens (including phenoxy) is 3. The normalized spacial score (nSPS) is 16.1. The van der Waals surface area contributed by atoms with Crippen LogP contribution >= 0.6 is 0 Å². The van der Waals surface area contributed by atoms with E-state index in [-0.39, 0.29) is 11.9 Å². The standard InChI is InChI=1S/C11H20O4/c1-2-13-6-7-14-8-9-15-11(12)10-4-3-5-10/h10H,2-9H2,1H3. The zero-order valence-electron chi connectivity index (χ0n) is 9.37. The summed E-state index contributed by atoms with van der Waals surface area (Å²) in [5, 5.41) is 0. The largest absolute Gasteiger partial charge is 0.463 e. The summed E-state index contributed by atoms with van der Waals surface area (Å²) in [5.74, 6) is 0.100. The highest BCUT2D eigenvalue weighted by atomic mass is 16.6. The van der Waals surface area contributed by atoms with Gasteiger partial charge in [0.2, 0.25) is 0 Å². The minimum absolute atomic E-state index is 0.0605. The lowest BCUT2D eigenvalue weighted by Crippen LogP contribution is -2.25. The lowest BCUT2D eigenvalue weighted by atomic mass is 9.86. The zero-order valence-corrected chi connectivity index (χ0v) is 9.37. The van der Waals surface area contributed by atoms with Crippen LogP contribution in [0.3, 0.4) is 0 Å². The fourth-order valence-corrected chi connectivity index (χ4v) is 1.33. The van der Waals surface area contributed by atoms with Gasteiger partial charge in [0.05, 0.1) is 25.7 Å². The second-order valence-corrected chi connectivity index (χ2v) is 3.60. The van der Waals surface area contributed by atoms with E-state index in [4.69, 9.17) is 14.2 Å². The van der Waals surface area contributed by atoms with Gasteiger partial charge in [0.1, 0.15) is 6.61 Å². The Morgan fingerprint density at radius 1 is 1.13 bits per heavy atom. The molecule has 0 bridgehead atoms. The van der Waals surface area contributed by atoms with Gasteiger partial charge in [-0.05, 0) is 19.8 Å². The molecule has 0 saturated heterocycles. The first-order valence-electron chi connectivity index (χ1n) is 5.66. The van der Waals surface area contributed by atoms with Crippen LogP contribution in [0.4, 0.5) is 0 Å². The minimum atomic E-state index is -0.0605. The molecule has 0 atom stereocenters. The van der Waals surface area contributed by atoms with E-state index < -0.39 is 0 Å². The summed E-state index contributed by atoms with van der Waals surface area (Å²) in [6.07, 6.45) is 3.14. The van der Waals surface area contributed by atoms with E-state index >= 15 is 0 Å². The first-order chi connectivity index (χ1) is 7.34. The molecular weight excluding hydrogens is 196 g/mol. The predicted molar refractivity (Wildman–Crippen MR) is 55.6 cm³/mol. The molecule has 1 rings (SSSR count). The molecule has 0 amide bonds.